The molecule has 0 spiro atoms. The molecular formula is C17H28N8. The molecule has 1 aliphatic rings. The van der Waals surface area contributed by atoms with Crippen molar-refractivity contribution in [3.05, 3.63) is 30.2 Å². The molecule has 0 amide bonds. The van der Waals surface area contributed by atoms with Crippen molar-refractivity contribution < 1.29 is 0 Å². The van der Waals surface area contributed by atoms with E-state index in [-0.39, 0.29) is 0 Å². The fourth-order valence-corrected chi connectivity index (χ4v) is 3.03. The Bertz CT molecular complexity index is 701. The number of hydrogen-bond acceptors (Lipinski definition) is 5. The molecule has 0 bridgehead atoms. The predicted octanol–water partition coefficient (Wildman–Crippen LogP) is 0.0302. The molecule has 8 nitrogen and oxygen atoms in total. The molecule has 3 rings (SSSR count). The highest BCUT2D eigenvalue weighted by atomic mass is 15.3. The van der Waals surface area contributed by atoms with Gasteiger partial charge in [0.1, 0.15) is 0 Å². The van der Waals surface area contributed by atoms with Gasteiger partial charge in [0.05, 0.1) is 6.54 Å². The Labute approximate surface area is 148 Å². The Balaban J connectivity index is 1.48. The molecular weight excluding hydrogens is 316 g/mol. The van der Waals surface area contributed by atoms with Crippen LogP contribution in [0.1, 0.15) is 12.7 Å². The zero-order valence-electron chi connectivity index (χ0n) is 15.3. The second-order valence-corrected chi connectivity index (χ2v) is 6.54. The van der Waals surface area contributed by atoms with Gasteiger partial charge in [0, 0.05) is 52.0 Å². The SMILES string of the molecule is CN=C(NCc1nnc2ccccn12)NCC(C)N1CCN(C)CC1. The van der Waals surface area contributed by atoms with Crippen LogP contribution in [0.25, 0.3) is 5.65 Å². The Morgan fingerprint density at radius 3 is 2.76 bits per heavy atom. The lowest BCUT2D eigenvalue weighted by atomic mass is 10.2. The molecule has 1 fully saturated rings. The number of fused-ring (bicyclic) bond motifs is 1. The average molecular weight is 344 g/mol. The van der Waals surface area contributed by atoms with E-state index in [4.69, 9.17) is 0 Å². The summed E-state index contributed by atoms with van der Waals surface area (Å²) in [4.78, 5) is 9.20. The molecule has 0 aliphatic carbocycles. The molecule has 1 atom stereocenters. The smallest absolute Gasteiger partial charge is 0.191 e. The molecule has 0 radical (unpaired) electrons. The molecule has 1 saturated heterocycles. The summed E-state index contributed by atoms with van der Waals surface area (Å²) >= 11 is 0. The Kier molecular flexibility index (Phi) is 5.83. The predicted molar refractivity (Wildman–Crippen MR) is 99.7 cm³/mol. The van der Waals surface area contributed by atoms with Gasteiger partial charge in [-0.1, -0.05) is 6.07 Å². The number of aliphatic imine (C=N–C) groups is 1. The van der Waals surface area contributed by atoms with Crippen LogP contribution in [-0.4, -0.2) is 83.2 Å². The van der Waals surface area contributed by atoms with Gasteiger partial charge in [0.2, 0.25) is 0 Å². The van der Waals surface area contributed by atoms with Crippen molar-refractivity contribution in [3.63, 3.8) is 0 Å². The number of aromatic nitrogens is 3. The third-order valence-electron chi connectivity index (χ3n) is 4.75. The van der Waals surface area contributed by atoms with Crippen LogP contribution in [0.15, 0.2) is 29.4 Å². The third-order valence-corrected chi connectivity index (χ3v) is 4.75. The van der Waals surface area contributed by atoms with E-state index in [1.807, 2.05) is 28.8 Å². The van der Waals surface area contributed by atoms with E-state index in [0.717, 1.165) is 50.2 Å². The maximum absolute atomic E-state index is 4.31. The van der Waals surface area contributed by atoms with Gasteiger partial charge in [0.25, 0.3) is 0 Å². The monoisotopic (exact) mass is 344 g/mol. The van der Waals surface area contributed by atoms with Crippen molar-refractivity contribution in [1.29, 1.82) is 0 Å². The Hall–Kier alpha value is -2.19. The summed E-state index contributed by atoms with van der Waals surface area (Å²) in [6.45, 7) is 8.22. The van der Waals surface area contributed by atoms with Crippen molar-refractivity contribution in [1.82, 2.24) is 35.0 Å². The molecule has 2 aromatic rings. The number of likely N-dealkylation sites (N-methyl/N-ethyl adjacent to an activating group) is 1. The molecule has 8 heteroatoms. The number of piperazine rings is 1. The van der Waals surface area contributed by atoms with E-state index >= 15 is 0 Å². The molecule has 0 aromatic carbocycles. The summed E-state index contributed by atoms with van der Waals surface area (Å²) in [6.07, 6.45) is 1.97. The van der Waals surface area contributed by atoms with Gasteiger partial charge in [-0.2, -0.15) is 0 Å². The first kappa shape index (κ1) is 17.6. The van der Waals surface area contributed by atoms with Gasteiger partial charge in [-0.3, -0.25) is 14.3 Å². The highest BCUT2D eigenvalue weighted by molar-refractivity contribution is 5.79. The van der Waals surface area contributed by atoms with Crippen LogP contribution in [-0.2, 0) is 6.54 Å². The highest BCUT2D eigenvalue weighted by Gasteiger charge is 2.19. The van der Waals surface area contributed by atoms with Gasteiger partial charge in [0.15, 0.2) is 17.4 Å². The minimum Gasteiger partial charge on any atom is -0.355 e. The van der Waals surface area contributed by atoms with Crippen molar-refractivity contribution in [2.45, 2.75) is 19.5 Å². The van der Waals surface area contributed by atoms with Crippen LogP contribution < -0.4 is 10.6 Å². The van der Waals surface area contributed by atoms with Crippen LogP contribution >= 0.6 is 0 Å². The normalized spacial score (nSPS) is 18.4. The number of nitrogens with one attached hydrogen (secondary N) is 2. The molecule has 25 heavy (non-hydrogen) atoms. The first-order valence-electron chi connectivity index (χ1n) is 8.83. The van der Waals surface area contributed by atoms with Crippen LogP contribution in [0.2, 0.25) is 0 Å². The first-order chi connectivity index (χ1) is 12.2. The summed E-state index contributed by atoms with van der Waals surface area (Å²) in [5.41, 5.74) is 0.853. The fourth-order valence-electron chi connectivity index (χ4n) is 3.03. The molecule has 0 saturated carbocycles. The molecule has 2 aromatic heterocycles. The lowest BCUT2D eigenvalue weighted by Gasteiger charge is -2.36. The van der Waals surface area contributed by atoms with Crippen LogP contribution in [0.4, 0.5) is 0 Å². The molecule has 1 aliphatic heterocycles. The van der Waals surface area contributed by atoms with E-state index < -0.39 is 0 Å². The summed E-state index contributed by atoms with van der Waals surface area (Å²) in [6, 6.07) is 6.36. The van der Waals surface area contributed by atoms with Crippen molar-refractivity contribution in [3.8, 4) is 0 Å². The van der Waals surface area contributed by atoms with Crippen LogP contribution in [0.5, 0.6) is 0 Å². The highest BCUT2D eigenvalue weighted by Crippen LogP contribution is 2.04. The van der Waals surface area contributed by atoms with E-state index in [1.54, 1.807) is 7.05 Å². The quantitative estimate of drug-likeness (QED) is 0.589. The minimum atomic E-state index is 0.473. The second-order valence-electron chi connectivity index (χ2n) is 6.54. The van der Waals surface area contributed by atoms with Gasteiger partial charge in [-0.25, -0.2) is 0 Å². The van der Waals surface area contributed by atoms with Gasteiger partial charge in [-0.05, 0) is 26.1 Å². The fraction of sp³-hybridized carbons (Fsp3) is 0.588. The standard InChI is InChI=1S/C17H28N8/c1-14(24-10-8-23(3)9-11-24)12-19-17(18-2)20-13-16-22-21-15-6-4-5-7-25(15)16/h4-7,14H,8-13H2,1-3H3,(H2,18,19,20). The molecule has 3 heterocycles. The average Bonchev–Trinajstić information content (AvgIpc) is 3.05. The van der Waals surface area contributed by atoms with E-state index in [1.165, 1.54) is 0 Å². The number of pyridine rings is 1. The van der Waals surface area contributed by atoms with Gasteiger partial charge >= 0.3 is 0 Å². The first-order valence-corrected chi connectivity index (χ1v) is 8.83. The van der Waals surface area contributed by atoms with E-state index in [2.05, 4.69) is 49.6 Å². The topological polar surface area (TPSA) is 73.1 Å². The summed E-state index contributed by atoms with van der Waals surface area (Å²) in [7, 11) is 3.97. The lowest BCUT2D eigenvalue weighted by Crippen LogP contribution is -2.52. The molecule has 2 N–H and O–H groups in total. The van der Waals surface area contributed by atoms with E-state index in [9.17, 15) is 0 Å². The third kappa shape index (κ3) is 4.46. The number of guanidine groups is 1. The van der Waals surface area contributed by atoms with Crippen molar-refractivity contribution in [2.24, 2.45) is 4.99 Å². The second kappa shape index (κ2) is 8.26. The summed E-state index contributed by atoms with van der Waals surface area (Å²) in [5, 5.41) is 15.1. The van der Waals surface area contributed by atoms with Gasteiger partial charge < -0.3 is 15.5 Å². The zero-order valence-corrected chi connectivity index (χ0v) is 15.3. The maximum Gasteiger partial charge on any atom is 0.191 e. The molecule has 1 unspecified atom stereocenters. The number of rotatable bonds is 5. The number of nitrogens with zero attached hydrogens (tertiary/aromatic N) is 6. The molecule has 136 valence electrons. The minimum absolute atomic E-state index is 0.473. The van der Waals surface area contributed by atoms with Crippen LogP contribution in [0, 0.1) is 0 Å². The zero-order chi connectivity index (χ0) is 17.6. The summed E-state index contributed by atoms with van der Waals surface area (Å²) in [5.74, 6) is 1.65. The van der Waals surface area contributed by atoms with Crippen LogP contribution in [0.3, 0.4) is 0 Å². The van der Waals surface area contributed by atoms with Gasteiger partial charge in [-0.15, -0.1) is 10.2 Å². The Morgan fingerprint density at radius 2 is 2.00 bits per heavy atom. The van der Waals surface area contributed by atoms with Crippen molar-refractivity contribution in [2.75, 3.05) is 46.8 Å². The summed E-state index contributed by atoms with van der Waals surface area (Å²) < 4.78 is 1.98. The lowest BCUT2D eigenvalue weighted by molar-refractivity contribution is 0.120. The van der Waals surface area contributed by atoms with Crippen molar-refractivity contribution >= 4 is 11.6 Å². The largest absolute Gasteiger partial charge is 0.355 e. The number of hydrogen-bond donors (Lipinski definition) is 2. The Morgan fingerprint density at radius 1 is 1.20 bits per heavy atom. The van der Waals surface area contributed by atoms with E-state index in [0.29, 0.717) is 12.6 Å². The maximum atomic E-state index is 4.31.